The van der Waals surface area contributed by atoms with E-state index in [4.69, 9.17) is 21.1 Å². The Morgan fingerprint density at radius 3 is 2.76 bits per heavy atom. The first-order chi connectivity index (χ1) is 17.9. The number of halogens is 1. The SMILES string of the molecule is C=C[C@@H](O)[C@]1(C)CC[C@H]1CN1C[C@@]2(CCCc3cc(Cl)ccc32)COc2ccc(C(=O)OC(C)(C)C)cc21. The van der Waals surface area contributed by atoms with Crippen LogP contribution in [0.25, 0.3) is 0 Å². The van der Waals surface area contributed by atoms with Crippen LogP contribution < -0.4 is 9.64 Å². The number of carbonyl (C=O) groups excluding carboxylic acids is 1. The van der Waals surface area contributed by atoms with Gasteiger partial charge in [-0.25, -0.2) is 4.79 Å². The molecular weight excluding hydrogens is 498 g/mol. The minimum absolute atomic E-state index is 0.194. The highest BCUT2D eigenvalue weighted by atomic mass is 35.5. The Balaban J connectivity index is 1.55. The summed E-state index contributed by atoms with van der Waals surface area (Å²) in [6.45, 7) is 13.7. The average Bonchev–Trinajstić information content (AvgIpc) is 3.01. The van der Waals surface area contributed by atoms with Crippen molar-refractivity contribution in [3.8, 4) is 5.75 Å². The quantitative estimate of drug-likeness (QED) is 0.338. The van der Waals surface area contributed by atoms with Gasteiger partial charge in [0.15, 0.2) is 0 Å². The molecule has 38 heavy (non-hydrogen) atoms. The molecule has 2 aliphatic carbocycles. The van der Waals surface area contributed by atoms with E-state index in [2.05, 4.69) is 30.5 Å². The molecule has 204 valence electrons. The summed E-state index contributed by atoms with van der Waals surface area (Å²) >= 11 is 6.38. The number of aryl methyl sites for hydroxylation is 1. The molecule has 0 aromatic heterocycles. The van der Waals surface area contributed by atoms with E-state index < -0.39 is 11.7 Å². The van der Waals surface area contributed by atoms with Gasteiger partial charge in [-0.15, -0.1) is 6.58 Å². The average molecular weight is 538 g/mol. The zero-order chi connectivity index (χ0) is 27.3. The minimum atomic E-state index is -0.578. The van der Waals surface area contributed by atoms with Gasteiger partial charge in [0.05, 0.1) is 24.0 Å². The largest absolute Gasteiger partial charge is 0.490 e. The lowest BCUT2D eigenvalue weighted by Gasteiger charge is -2.52. The second-order valence-electron chi connectivity index (χ2n) is 12.7. The van der Waals surface area contributed by atoms with Crippen molar-refractivity contribution in [1.82, 2.24) is 0 Å². The molecule has 1 aliphatic heterocycles. The summed E-state index contributed by atoms with van der Waals surface area (Å²) in [6.07, 6.45) is 6.21. The topological polar surface area (TPSA) is 59.0 Å². The lowest BCUT2D eigenvalue weighted by atomic mass is 9.58. The number of ether oxygens (including phenoxy) is 2. The van der Waals surface area contributed by atoms with Gasteiger partial charge in [-0.2, -0.15) is 0 Å². The molecule has 1 N–H and O–H groups in total. The molecule has 5 rings (SSSR count). The smallest absolute Gasteiger partial charge is 0.338 e. The summed E-state index contributed by atoms with van der Waals surface area (Å²) in [7, 11) is 0. The van der Waals surface area contributed by atoms with Crippen LogP contribution in [0, 0.1) is 11.3 Å². The molecule has 2 aromatic rings. The Morgan fingerprint density at radius 2 is 2.08 bits per heavy atom. The van der Waals surface area contributed by atoms with Crippen LogP contribution in [0.3, 0.4) is 0 Å². The Bertz CT molecular complexity index is 1240. The van der Waals surface area contributed by atoms with Gasteiger partial charge in [-0.3, -0.25) is 0 Å². The number of hydrogen-bond donors (Lipinski definition) is 1. The van der Waals surface area contributed by atoms with Crippen molar-refractivity contribution in [1.29, 1.82) is 0 Å². The molecule has 2 aromatic carbocycles. The van der Waals surface area contributed by atoms with Gasteiger partial charge in [0, 0.05) is 28.9 Å². The van der Waals surface area contributed by atoms with Crippen LogP contribution >= 0.6 is 11.6 Å². The first kappa shape index (κ1) is 27.1. The van der Waals surface area contributed by atoms with Crippen molar-refractivity contribution in [2.45, 2.75) is 76.9 Å². The molecule has 0 radical (unpaired) electrons. The number of carbonyl (C=O) groups is 1. The molecule has 1 spiro atoms. The van der Waals surface area contributed by atoms with E-state index in [9.17, 15) is 9.90 Å². The Labute approximate surface area is 231 Å². The summed E-state index contributed by atoms with van der Waals surface area (Å²) in [5.41, 5.74) is 3.04. The van der Waals surface area contributed by atoms with Crippen LogP contribution in [0.4, 0.5) is 5.69 Å². The van der Waals surface area contributed by atoms with E-state index in [1.165, 1.54) is 11.1 Å². The van der Waals surface area contributed by atoms with E-state index in [1.807, 2.05) is 39.0 Å². The lowest BCUT2D eigenvalue weighted by Crippen LogP contribution is -2.53. The van der Waals surface area contributed by atoms with Crippen molar-refractivity contribution in [2.24, 2.45) is 11.3 Å². The van der Waals surface area contributed by atoms with E-state index in [0.29, 0.717) is 12.2 Å². The van der Waals surface area contributed by atoms with Crippen molar-refractivity contribution in [3.63, 3.8) is 0 Å². The maximum Gasteiger partial charge on any atom is 0.338 e. The highest BCUT2D eigenvalue weighted by Gasteiger charge is 2.49. The van der Waals surface area contributed by atoms with Gasteiger partial charge >= 0.3 is 5.97 Å². The summed E-state index contributed by atoms with van der Waals surface area (Å²) < 4.78 is 12.2. The molecule has 6 heteroatoms. The highest BCUT2D eigenvalue weighted by molar-refractivity contribution is 6.30. The number of benzene rings is 2. The van der Waals surface area contributed by atoms with Crippen molar-refractivity contribution in [3.05, 3.63) is 70.8 Å². The van der Waals surface area contributed by atoms with Crippen molar-refractivity contribution in [2.75, 3.05) is 24.6 Å². The zero-order valence-electron chi connectivity index (χ0n) is 23.1. The number of fused-ring (bicyclic) bond motifs is 3. The van der Waals surface area contributed by atoms with Gasteiger partial charge in [0.1, 0.15) is 11.4 Å². The van der Waals surface area contributed by atoms with Gasteiger partial charge < -0.3 is 19.5 Å². The highest BCUT2D eigenvalue weighted by Crippen LogP contribution is 2.52. The van der Waals surface area contributed by atoms with Crippen LogP contribution in [0.15, 0.2) is 49.1 Å². The molecule has 0 saturated heterocycles. The molecular formula is C32H40ClNO4. The molecule has 0 bridgehead atoms. The second kappa shape index (κ2) is 9.91. The number of hydrogen-bond acceptors (Lipinski definition) is 5. The van der Waals surface area contributed by atoms with Crippen molar-refractivity contribution < 1.29 is 19.4 Å². The lowest BCUT2D eigenvalue weighted by molar-refractivity contribution is -0.0466. The Kier molecular flexibility index (Phi) is 7.06. The van der Waals surface area contributed by atoms with Crippen LogP contribution in [-0.4, -0.2) is 42.5 Å². The summed E-state index contributed by atoms with van der Waals surface area (Å²) in [4.78, 5) is 15.4. The van der Waals surface area contributed by atoms with Crippen LogP contribution in [0.5, 0.6) is 5.75 Å². The summed E-state index contributed by atoms with van der Waals surface area (Å²) in [6, 6.07) is 11.9. The number of nitrogens with zero attached hydrogens (tertiary/aromatic N) is 1. The number of anilines is 1. The predicted molar refractivity (Wildman–Crippen MR) is 152 cm³/mol. The monoisotopic (exact) mass is 537 g/mol. The predicted octanol–water partition coefficient (Wildman–Crippen LogP) is 6.73. The molecule has 0 amide bonds. The molecule has 1 heterocycles. The van der Waals surface area contributed by atoms with Gasteiger partial charge in [-0.1, -0.05) is 30.7 Å². The number of aliphatic hydroxyl groups is 1. The molecule has 5 nitrogen and oxygen atoms in total. The third-order valence-corrected chi connectivity index (χ3v) is 9.21. The fraction of sp³-hybridized carbons (Fsp3) is 0.531. The number of rotatable bonds is 5. The standard InChI is InChI=1S/C32H40ClNO4/c1-6-28(35)31(5)15-13-23(31)18-34-19-32(14-7-8-21-16-24(33)10-11-25(21)32)20-37-27-12-9-22(17-26(27)34)29(36)38-30(2,3)4/h6,9-12,16-17,23,28,35H,1,7-8,13-15,18-20H2,2-5H3/t23-,28+,31+,32-/m0/s1. The normalized spacial score (nSPS) is 27.3. The Morgan fingerprint density at radius 1 is 1.29 bits per heavy atom. The summed E-state index contributed by atoms with van der Waals surface area (Å²) in [5.74, 6) is 0.727. The first-order valence-corrected chi connectivity index (χ1v) is 14.2. The molecule has 3 aliphatic rings. The second-order valence-corrected chi connectivity index (χ2v) is 13.1. The van der Waals surface area contributed by atoms with E-state index in [-0.39, 0.29) is 22.7 Å². The number of esters is 1. The third kappa shape index (κ3) is 4.96. The minimum Gasteiger partial charge on any atom is -0.490 e. The van der Waals surface area contributed by atoms with Gasteiger partial charge in [0.25, 0.3) is 0 Å². The maximum atomic E-state index is 13.0. The molecule has 4 atom stereocenters. The van der Waals surface area contributed by atoms with Crippen LogP contribution in [0.1, 0.15) is 74.9 Å². The number of aliphatic hydroxyl groups excluding tert-OH is 1. The maximum absolute atomic E-state index is 13.0. The van der Waals surface area contributed by atoms with Crippen LogP contribution in [0.2, 0.25) is 5.02 Å². The van der Waals surface area contributed by atoms with Crippen LogP contribution in [-0.2, 0) is 16.6 Å². The molecule has 0 unspecified atom stereocenters. The molecule has 1 saturated carbocycles. The van der Waals surface area contributed by atoms with E-state index in [0.717, 1.165) is 61.7 Å². The zero-order valence-corrected chi connectivity index (χ0v) is 23.8. The van der Waals surface area contributed by atoms with Crippen molar-refractivity contribution >= 4 is 23.3 Å². The first-order valence-electron chi connectivity index (χ1n) is 13.8. The Hall–Kier alpha value is -2.50. The summed E-state index contributed by atoms with van der Waals surface area (Å²) in [5, 5.41) is 11.5. The van der Waals surface area contributed by atoms with E-state index >= 15 is 0 Å². The van der Waals surface area contributed by atoms with E-state index in [1.54, 1.807) is 12.1 Å². The van der Waals surface area contributed by atoms with Gasteiger partial charge in [-0.05, 0) is 100 Å². The third-order valence-electron chi connectivity index (χ3n) is 8.98. The fourth-order valence-corrected chi connectivity index (χ4v) is 6.80. The molecule has 1 fully saturated rings. The van der Waals surface area contributed by atoms with Gasteiger partial charge in [0.2, 0.25) is 0 Å². The fourth-order valence-electron chi connectivity index (χ4n) is 6.61.